The Morgan fingerprint density at radius 3 is 2.52 bits per heavy atom. The van der Waals surface area contributed by atoms with Gasteiger partial charge in [0.15, 0.2) is 5.96 Å². The third kappa shape index (κ3) is 7.30. The van der Waals surface area contributed by atoms with Gasteiger partial charge in [0.25, 0.3) is 0 Å². The quantitative estimate of drug-likeness (QED) is 0.219. The molecule has 7 nitrogen and oxygen atoms in total. The van der Waals surface area contributed by atoms with Crippen molar-refractivity contribution in [1.29, 1.82) is 0 Å². The summed E-state index contributed by atoms with van der Waals surface area (Å²) in [6.45, 7) is 6.23. The number of rotatable bonds is 8. The third-order valence-corrected chi connectivity index (χ3v) is 7.71. The molecule has 0 aromatic heterocycles. The predicted octanol–water partition coefficient (Wildman–Crippen LogP) is 3.35. The van der Waals surface area contributed by atoms with Crippen molar-refractivity contribution >= 4 is 40.0 Å². The van der Waals surface area contributed by atoms with Gasteiger partial charge < -0.3 is 15.0 Å². The maximum Gasteiger partial charge on any atom is 0.240 e. The Hall–Kier alpha value is -0.910. The van der Waals surface area contributed by atoms with Crippen molar-refractivity contribution in [1.82, 2.24) is 14.9 Å². The van der Waals surface area contributed by atoms with Gasteiger partial charge in [0.2, 0.25) is 10.0 Å². The molecule has 2 N–H and O–H groups in total. The summed E-state index contributed by atoms with van der Waals surface area (Å²) in [6, 6.07) is 6.95. The molecule has 1 aromatic rings. The van der Waals surface area contributed by atoms with E-state index in [1.807, 2.05) is 12.1 Å². The number of sulfonamides is 1. The highest BCUT2D eigenvalue weighted by atomic mass is 127. The monoisotopic (exact) mass is 564 g/mol. The van der Waals surface area contributed by atoms with E-state index in [0.717, 1.165) is 31.2 Å². The van der Waals surface area contributed by atoms with Crippen molar-refractivity contribution in [2.24, 2.45) is 10.4 Å². The number of nitrogens with zero attached hydrogens (tertiary/aromatic N) is 2. The van der Waals surface area contributed by atoms with Gasteiger partial charge in [0.1, 0.15) is 0 Å². The molecule has 1 saturated carbocycles. The van der Waals surface area contributed by atoms with Gasteiger partial charge in [-0.1, -0.05) is 31.4 Å². The van der Waals surface area contributed by atoms with Crippen LogP contribution in [-0.4, -0.2) is 59.2 Å². The van der Waals surface area contributed by atoms with Crippen molar-refractivity contribution in [2.75, 3.05) is 39.9 Å². The van der Waals surface area contributed by atoms with Crippen LogP contribution in [0.1, 0.15) is 51.0 Å². The van der Waals surface area contributed by atoms with Crippen LogP contribution in [0.5, 0.6) is 0 Å². The number of guanidine groups is 1. The second-order valence-electron chi connectivity index (χ2n) is 8.44. The smallest absolute Gasteiger partial charge is 0.240 e. The molecule has 0 unspecified atom stereocenters. The minimum absolute atomic E-state index is 0. The van der Waals surface area contributed by atoms with Crippen LogP contribution in [0.2, 0.25) is 0 Å². The van der Waals surface area contributed by atoms with Crippen LogP contribution in [0.25, 0.3) is 0 Å². The van der Waals surface area contributed by atoms with Crippen LogP contribution < -0.4 is 10.0 Å². The largest absolute Gasteiger partial charge is 0.383 e. The maximum absolute atomic E-state index is 12.3. The fourth-order valence-corrected chi connectivity index (χ4v) is 5.57. The minimum Gasteiger partial charge on any atom is -0.383 e. The van der Waals surface area contributed by atoms with E-state index in [-0.39, 0.29) is 35.4 Å². The number of hydrogen-bond donors (Lipinski definition) is 2. The molecule has 0 atom stereocenters. The van der Waals surface area contributed by atoms with E-state index < -0.39 is 10.0 Å². The molecule has 1 saturated heterocycles. The number of methoxy groups -OCH3 is 1. The summed E-state index contributed by atoms with van der Waals surface area (Å²) in [4.78, 5) is 7.52. The fraction of sp³-hybridized carbons (Fsp3) is 0.682. The Morgan fingerprint density at radius 2 is 1.87 bits per heavy atom. The Labute approximate surface area is 204 Å². The molecule has 1 aliphatic carbocycles. The lowest BCUT2D eigenvalue weighted by atomic mass is 9.73. The van der Waals surface area contributed by atoms with Crippen LogP contribution in [0.15, 0.2) is 34.2 Å². The van der Waals surface area contributed by atoms with Crippen LogP contribution in [0.3, 0.4) is 0 Å². The molecule has 1 aliphatic heterocycles. The summed E-state index contributed by atoms with van der Waals surface area (Å²) in [5.41, 5.74) is 1.48. The van der Waals surface area contributed by atoms with E-state index in [0.29, 0.717) is 18.6 Å². The standard InChI is InChI=1S/C22H36N4O3S.HI/c1-3-23-21(26-15-13-22(18-26)11-5-4-6-12-22)24-17-19-7-9-20(10-8-19)30(27,28)25-14-16-29-2;/h7-10,25H,3-6,11-18H2,1-2H3,(H,23,24);1H. The fourth-order valence-electron chi connectivity index (χ4n) is 4.55. The molecule has 0 radical (unpaired) electrons. The molecule has 31 heavy (non-hydrogen) atoms. The third-order valence-electron chi connectivity index (χ3n) is 6.23. The highest BCUT2D eigenvalue weighted by Crippen LogP contribution is 2.43. The van der Waals surface area contributed by atoms with Crippen LogP contribution in [0, 0.1) is 5.41 Å². The summed E-state index contributed by atoms with van der Waals surface area (Å²) in [5, 5.41) is 3.44. The van der Waals surface area contributed by atoms with E-state index in [9.17, 15) is 8.42 Å². The molecule has 1 heterocycles. The lowest BCUT2D eigenvalue weighted by Gasteiger charge is -2.33. The summed E-state index contributed by atoms with van der Waals surface area (Å²) in [5.74, 6) is 0.970. The molecular weight excluding hydrogens is 527 g/mol. The Morgan fingerprint density at radius 1 is 1.16 bits per heavy atom. The Balaban J connectivity index is 0.00000341. The van der Waals surface area contributed by atoms with Crippen molar-refractivity contribution < 1.29 is 13.2 Å². The number of benzene rings is 1. The van der Waals surface area contributed by atoms with Crippen molar-refractivity contribution in [2.45, 2.75) is 56.9 Å². The summed E-state index contributed by atoms with van der Waals surface area (Å²) < 4.78 is 32.0. The molecule has 3 rings (SSSR count). The van der Waals surface area contributed by atoms with E-state index in [4.69, 9.17) is 9.73 Å². The highest BCUT2D eigenvalue weighted by molar-refractivity contribution is 14.0. The van der Waals surface area contributed by atoms with Gasteiger partial charge in [0.05, 0.1) is 18.0 Å². The normalized spacial score (nSPS) is 18.8. The van der Waals surface area contributed by atoms with Crippen molar-refractivity contribution in [3.8, 4) is 0 Å². The number of aliphatic imine (C=N–C) groups is 1. The number of halogens is 1. The first-order chi connectivity index (χ1) is 14.5. The number of hydrogen-bond acceptors (Lipinski definition) is 4. The number of nitrogens with one attached hydrogen (secondary N) is 2. The first-order valence-corrected chi connectivity index (χ1v) is 12.6. The van der Waals surface area contributed by atoms with Crippen molar-refractivity contribution in [3.05, 3.63) is 29.8 Å². The van der Waals surface area contributed by atoms with Crippen LogP contribution in [0.4, 0.5) is 0 Å². The van der Waals surface area contributed by atoms with E-state index in [2.05, 4.69) is 21.9 Å². The van der Waals surface area contributed by atoms with Gasteiger partial charge in [-0.05, 0) is 49.3 Å². The lowest BCUT2D eigenvalue weighted by molar-refractivity contribution is 0.203. The van der Waals surface area contributed by atoms with Crippen LogP contribution in [-0.2, 0) is 21.3 Å². The molecule has 9 heteroatoms. The molecule has 176 valence electrons. The first-order valence-electron chi connectivity index (χ1n) is 11.1. The average molecular weight is 565 g/mol. The summed E-state index contributed by atoms with van der Waals surface area (Å²) >= 11 is 0. The Bertz CT molecular complexity index is 809. The second-order valence-corrected chi connectivity index (χ2v) is 10.2. The molecule has 0 amide bonds. The van der Waals surface area contributed by atoms with Gasteiger partial charge >= 0.3 is 0 Å². The number of ether oxygens (including phenoxy) is 1. The minimum atomic E-state index is -3.50. The average Bonchev–Trinajstić information content (AvgIpc) is 3.15. The molecule has 1 aromatic carbocycles. The SMILES string of the molecule is CCNC(=NCc1ccc(S(=O)(=O)NCCOC)cc1)N1CCC2(CCCCC2)C1.I. The molecule has 1 spiro atoms. The topological polar surface area (TPSA) is 83.0 Å². The lowest BCUT2D eigenvalue weighted by Crippen LogP contribution is -2.41. The van der Waals surface area contributed by atoms with Gasteiger partial charge in [-0.15, -0.1) is 24.0 Å². The van der Waals surface area contributed by atoms with Gasteiger partial charge in [-0.3, -0.25) is 0 Å². The number of likely N-dealkylation sites (tertiary alicyclic amines) is 1. The van der Waals surface area contributed by atoms with Gasteiger partial charge in [-0.2, -0.15) is 0 Å². The zero-order valence-corrected chi connectivity index (χ0v) is 21.9. The zero-order chi connectivity index (χ0) is 21.5. The maximum atomic E-state index is 12.3. The Kier molecular flexibility index (Phi) is 10.5. The molecule has 2 aliphatic rings. The van der Waals surface area contributed by atoms with E-state index in [1.54, 1.807) is 19.2 Å². The molecular formula is C22H37IN4O3S. The zero-order valence-electron chi connectivity index (χ0n) is 18.7. The summed E-state index contributed by atoms with van der Waals surface area (Å²) in [7, 11) is -1.96. The second kappa shape index (κ2) is 12.4. The van der Waals surface area contributed by atoms with Gasteiger partial charge in [0, 0.05) is 33.3 Å². The first kappa shape index (κ1) is 26.3. The van der Waals surface area contributed by atoms with Gasteiger partial charge in [-0.25, -0.2) is 18.1 Å². The van der Waals surface area contributed by atoms with Crippen LogP contribution >= 0.6 is 24.0 Å². The van der Waals surface area contributed by atoms with Crippen molar-refractivity contribution in [3.63, 3.8) is 0 Å². The highest BCUT2D eigenvalue weighted by Gasteiger charge is 2.39. The molecule has 2 fully saturated rings. The predicted molar refractivity (Wildman–Crippen MR) is 135 cm³/mol. The summed E-state index contributed by atoms with van der Waals surface area (Å²) in [6.07, 6.45) is 8.05. The van der Waals surface area contributed by atoms with E-state index in [1.165, 1.54) is 38.5 Å². The molecule has 0 bridgehead atoms. The van der Waals surface area contributed by atoms with E-state index >= 15 is 0 Å².